The van der Waals surface area contributed by atoms with E-state index in [0.717, 1.165) is 0 Å². The van der Waals surface area contributed by atoms with Crippen LogP contribution in [-0.4, -0.2) is 62.4 Å². The molecule has 1 aromatic heterocycles. The summed E-state index contributed by atoms with van der Waals surface area (Å²) in [6.45, 7) is 0.583. The second-order valence-electron chi connectivity index (χ2n) is 4.34. The van der Waals surface area contributed by atoms with E-state index < -0.39 is 26.8 Å². The Kier molecular flexibility index (Phi) is 4.55. The molecule has 10 heteroatoms. The molecule has 2 heterocycles. The first-order valence-electron chi connectivity index (χ1n) is 5.99. The SMILES string of the molecule is O=C(O)CCn1cc(S(=O)(=O)N2CCS(=O)CC2)cn1. The third-order valence-corrected chi connectivity index (χ3v) is 6.07. The third-order valence-electron chi connectivity index (χ3n) is 2.94. The Labute approximate surface area is 118 Å². The summed E-state index contributed by atoms with van der Waals surface area (Å²) < 4.78 is 38.4. The minimum Gasteiger partial charge on any atom is -0.481 e. The predicted molar refractivity (Wildman–Crippen MR) is 71.1 cm³/mol. The molecule has 112 valence electrons. The van der Waals surface area contributed by atoms with Crippen LogP contribution in [0.1, 0.15) is 6.42 Å². The topological polar surface area (TPSA) is 110 Å². The van der Waals surface area contributed by atoms with Crippen LogP contribution in [0.5, 0.6) is 0 Å². The predicted octanol–water partition coefficient (Wildman–Crippen LogP) is -0.889. The number of aromatic nitrogens is 2. The van der Waals surface area contributed by atoms with Crippen LogP contribution in [0.25, 0.3) is 0 Å². The smallest absolute Gasteiger partial charge is 0.305 e. The van der Waals surface area contributed by atoms with E-state index in [1.807, 2.05) is 0 Å². The first kappa shape index (κ1) is 15.1. The molecular formula is C10H15N3O5S2. The summed E-state index contributed by atoms with van der Waals surface area (Å²) >= 11 is 0. The van der Waals surface area contributed by atoms with E-state index in [0.29, 0.717) is 11.5 Å². The number of carboxylic acid groups (broad SMARTS) is 1. The van der Waals surface area contributed by atoms with Crippen LogP contribution in [0.4, 0.5) is 0 Å². The zero-order chi connectivity index (χ0) is 14.8. The van der Waals surface area contributed by atoms with Crippen molar-refractivity contribution in [1.82, 2.24) is 14.1 Å². The first-order valence-corrected chi connectivity index (χ1v) is 8.92. The van der Waals surface area contributed by atoms with Gasteiger partial charge in [-0.3, -0.25) is 13.7 Å². The van der Waals surface area contributed by atoms with Gasteiger partial charge in [-0.15, -0.1) is 0 Å². The molecule has 20 heavy (non-hydrogen) atoms. The van der Waals surface area contributed by atoms with Crippen molar-refractivity contribution in [3.63, 3.8) is 0 Å². The third kappa shape index (κ3) is 3.44. The molecule has 0 aromatic carbocycles. The van der Waals surface area contributed by atoms with Gasteiger partial charge < -0.3 is 5.11 Å². The number of aliphatic carboxylic acids is 1. The molecule has 8 nitrogen and oxygen atoms in total. The summed E-state index contributed by atoms with van der Waals surface area (Å²) in [4.78, 5) is 10.5. The van der Waals surface area contributed by atoms with Crippen LogP contribution >= 0.6 is 0 Å². The maximum absolute atomic E-state index is 12.3. The second-order valence-corrected chi connectivity index (χ2v) is 7.97. The minimum absolute atomic E-state index is 0.0376. The van der Waals surface area contributed by atoms with Gasteiger partial charge in [0.15, 0.2) is 0 Å². The van der Waals surface area contributed by atoms with E-state index in [1.54, 1.807) is 0 Å². The Balaban J connectivity index is 2.09. The summed E-state index contributed by atoms with van der Waals surface area (Å²) in [5.74, 6) is -0.290. The van der Waals surface area contributed by atoms with Gasteiger partial charge in [-0.25, -0.2) is 8.42 Å². The Morgan fingerprint density at radius 3 is 2.65 bits per heavy atom. The molecule has 0 aliphatic carbocycles. The summed E-state index contributed by atoms with van der Waals surface area (Å²) in [6, 6.07) is 0. The Bertz CT molecular complexity index is 615. The number of carbonyl (C=O) groups is 1. The largest absolute Gasteiger partial charge is 0.481 e. The molecule has 0 saturated carbocycles. The molecule has 0 amide bonds. The Morgan fingerprint density at radius 1 is 1.40 bits per heavy atom. The number of hydrogen-bond acceptors (Lipinski definition) is 5. The monoisotopic (exact) mass is 321 g/mol. The van der Waals surface area contributed by atoms with Crippen LogP contribution < -0.4 is 0 Å². The number of nitrogens with zero attached hydrogens (tertiary/aromatic N) is 3. The quantitative estimate of drug-likeness (QED) is 0.753. The Morgan fingerprint density at radius 2 is 2.05 bits per heavy atom. The number of sulfonamides is 1. The van der Waals surface area contributed by atoms with Crippen molar-refractivity contribution in [2.75, 3.05) is 24.6 Å². The highest BCUT2D eigenvalue weighted by Crippen LogP contribution is 2.16. The van der Waals surface area contributed by atoms with Gasteiger partial charge >= 0.3 is 5.97 Å². The van der Waals surface area contributed by atoms with E-state index in [9.17, 15) is 17.4 Å². The Hall–Kier alpha value is -1.26. The van der Waals surface area contributed by atoms with Crippen LogP contribution in [0.15, 0.2) is 17.3 Å². The van der Waals surface area contributed by atoms with Crippen molar-refractivity contribution in [2.45, 2.75) is 17.9 Å². The van der Waals surface area contributed by atoms with Gasteiger partial charge in [0.05, 0.1) is 19.2 Å². The van der Waals surface area contributed by atoms with E-state index in [4.69, 9.17) is 5.11 Å². The van der Waals surface area contributed by atoms with E-state index in [1.165, 1.54) is 21.4 Å². The van der Waals surface area contributed by atoms with E-state index >= 15 is 0 Å². The van der Waals surface area contributed by atoms with Crippen LogP contribution in [0.2, 0.25) is 0 Å². The van der Waals surface area contributed by atoms with Gasteiger partial charge in [-0.1, -0.05) is 0 Å². The molecule has 1 N–H and O–H groups in total. The van der Waals surface area contributed by atoms with Gasteiger partial charge in [-0.05, 0) is 0 Å². The van der Waals surface area contributed by atoms with Crippen molar-refractivity contribution < 1.29 is 22.5 Å². The fourth-order valence-electron chi connectivity index (χ4n) is 1.82. The highest BCUT2D eigenvalue weighted by Gasteiger charge is 2.29. The lowest BCUT2D eigenvalue weighted by Gasteiger charge is -2.24. The second kappa shape index (κ2) is 6.02. The van der Waals surface area contributed by atoms with E-state index in [2.05, 4.69) is 5.10 Å². The molecule has 2 rings (SSSR count). The normalized spacial score (nSPS) is 18.2. The highest BCUT2D eigenvalue weighted by molar-refractivity contribution is 7.89. The van der Waals surface area contributed by atoms with Crippen molar-refractivity contribution in [3.8, 4) is 0 Å². The number of carboxylic acids is 1. The summed E-state index contributed by atoms with van der Waals surface area (Å²) in [5, 5.41) is 12.4. The fourth-order valence-corrected chi connectivity index (χ4v) is 4.50. The van der Waals surface area contributed by atoms with Crippen LogP contribution in [0, 0.1) is 0 Å². The van der Waals surface area contributed by atoms with Gasteiger partial charge in [-0.2, -0.15) is 9.40 Å². The van der Waals surface area contributed by atoms with E-state index in [-0.39, 0.29) is 31.0 Å². The summed E-state index contributed by atoms with van der Waals surface area (Å²) in [6.07, 6.45) is 2.41. The lowest BCUT2D eigenvalue weighted by molar-refractivity contribution is -0.137. The maximum Gasteiger partial charge on any atom is 0.305 e. The van der Waals surface area contributed by atoms with Crippen LogP contribution in [-0.2, 0) is 32.2 Å². The number of rotatable bonds is 5. The minimum atomic E-state index is -3.64. The van der Waals surface area contributed by atoms with Crippen LogP contribution in [0.3, 0.4) is 0 Å². The maximum atomic E-state index is 12.3. The highest BCUT2D eigenvalue weighted by atomic mass is 32.2. The fraction of sp³-hybridized carbons (Fsp3) is 0.600. The average molecular weight is 321 g/mol. The lowest BCUT2D eigenvalue weighted by Crippen LogP contribution is -2.41. The first-order chi connectivity index (χ1) is 9.39. The van der Waals surface area contributed by atoms with Gasteiger partial charge in [0, 0.05) is 41.6 Å². The molecule has 1 aromatic rings. The van der Waals surface area contributed by atoms with Gasteiger partial charge in [0.2, 0.25) is 10.0 Å². The van der Waals surface area contributed by atoms with Crippen molar-refractivity contribution in [3.05, 3.63) is 12.4 Å². The van der Waals surface area contributed by atoms with Gasteiger partial charge in [0.25, 0.3) is 0 Å². The van der Waals surface area contributed by atoms with Crippen molar-refractivity contribution in [2.24, 2.45) is 0 Å². The van der Waals surface area contributed by atoms with Crippen molar-refractivity contribution >= 4 is 26.8 Å². The molecule has 0 radical (unpaired) electrons. The zero-order valence-electron chi connectivity index (χ0n) is 10.6. The molecular weight excluding hydrogens is 306 g/mol. The summed E-state index contributed by atoms with van der Waals surface area (Å²) in [7, 11) is -4.58. The molecule has 0 bridgehead atoms. The standard InChI is InChI=1S/C10H15N3O5S2/c14-10(15)1-2-12-8-9(7-11-12)20(17,18)13-3-5-19(16)6-4-13/h7-8H,1-6H2,(H,14,15). The van der Waals surface area contributed by atoms with Gasteiger partial charge in [0.1, 0.15) is 4.90 Å². The number of aryl methyl sites for hydroxylation is 1. The molecule has 0 atom stereocenters. The molecule has 1 fully saturated rings. The molecule has 0 unspecified atom stereocenters. The molecule has 0 spiro atoms. The lowest BCUT2D eigenvalue weighted by atomic mass is 10.4. The zero-order valence-corrected chi connectivity index (χ0v) is 12.3. The average Bonchev–Trinajstić information content (AvgIpc) is 2.86. The van der Waals surface area contributed by atoms with Crippen molar-refractivity contribution in [1.29, 1.82) is 0 Å². The molecule has 1 saturated heterocycles. The summed E-state index contributed by atoms with van der Waals surface area (Å²) in [5.41, 5.74) is 0. The molecule has 1 aliphatic rings. The molecule has 1 aliphatic heterocycles. The number of hydrogen-bond donors (Lipinski definition) is 1.